The first-order valence-electron chi connectivity index (χ1n) is 12.6. The maximum absolute atomic E-state index is 13.4. The summed E-state index contributed by atoms with van der Waals surface area (Å²) in [7, 11) is 1.52. The Morgan fingerprint density at radius 3 is 2.33 bits per heavy atom. The first-order chi connectivity index (χ1) is 18.6. The molecule has 1 heterocycles. The molecule has 0 bridgehead atoms. The lowest BCUT2D eigenvalue weighted by Gasteiger charge is -2.26. The second kappa shape index (κ2) is 11.4. The van der Waals surface area contributed by atoms with Crippen LogP contribution in [0.4, 0.5) is 5.69 Å². The maximum atomic E-state index is 13.4. The number of ketones is 1. The topological polar surface area (TPSA) is 113 Å². The van der Waals surface area contributed by atoms with Crippen molar-refractivity contribution >= 4 is 29.1 Å². The number of carbonyl (C=O) groups is 3. The Kier molecular flexibility index (Phi) is 8.04. The molecular formula is C31H31NO7. The third-order valence-electron chi connectivity index (χ3n) is 6.44. The van der Waals surface area contributed by atoms with Crippen LogP contribution in [-0.4, -0.2) is 41.6 Å². The van der Waals surface area contributed by atoms with Gasteiger partial charge in [0.05, 0.1) is 31.8 Å². The molecule has 0 spiro atoms. The van der Waals surface area contributed by atoms with E-state index in [1.165, 1.54) is 12.0 Å². The minimum Gasteiger partial charge on any atom is -0.507 e. The number of carboxylic acid groups (broad SMARTS) is 1. The van der Waals surface area contributed by atoms with E-state index in [0.29, 0.717) is 46.4 Å². The molecule has 4 rings (SSSR count). The largest absolute Gasteiger partial charge is 0.507 e. The zero-order valence-electron chi connectivity index (χ0n) is 22.3. The van der Waals surface area contributed by atoms with E-state index in [-0.39, 0.29) is 17.8 Å². The number of carboxylic acids is 1. The molecule has 1 aliphatic rings. The fourth-order valence-electron chi connectivity index (χ4n) is 4.55. The molecule has 1 unspecified atom stereocenters. The normalized spacial score (nSPS) is 16.5. The van der Waals surface area contributed by atoms with Crippen molar-refractivity contribution in [2.75, 3.05) is 18.6 Å². The average molecular weight is 530 g/mol. The van der Waals surface area contributed by atoms with E-state index in [2.05, 4.69) is 0 Å². The lowest BCUT2D eigenvalue weighted by molar-refractivity contribution is -0.136. The third kappa shape index (κ3) is 5.80. The number of aliphatic carboxylic acids is 1. The van der Waals surface area contributed by atoms with Gasteiger partial charge in [0, 0.05) is 11.3 Å². The standard InChI is InChI=1S/C31H31NO7/c1-18(2)17-39-25-13-10-22(14-19(25)3)29(35)27-28(21-6-5-7-24(16-21)38-4)32(31(37)30(27)36)23-11-8-20(9-12-23)15-26(33)34/h5-14,16,18,28,35H,15,17H2,1-4H3,(H,33,34)/b29-27-. The summed E-state index contributed by atoms with van der Waals surface area (Å²) in [5, 5.41) is 20.5. The first-order valence-corrected chi connectivity index (χ1v) is 12.6. The van der Waals surface area contributed by atoms with Gasteiger partial charge in [0.15, 0.2) is 0 Å². The molecule has 2 N–H and O–H groups in total. The highest BCUT2D eigenvalue weighted by Crippen LogP contribution is 2.43. The van der Waals surface area contributed by atoms with E-state index in [4.69, 9.17) is 14.6 Å². The Labute approximate surface area is 227 Å². The minimum atomic E-state index is -0.976. The third-order valence-corrected chi connectivity index (χ3v) is 6.44. The summed E-state index contributed by atoms with van der Waals surface area (Å²) in [4.78, 5) is 39.3. The van der Waals surface area contributed by atoms with Crippen LogP contribution in [0.2, 0.25) is 0 Å². The molecule has 39 heavy (non-hydrogen) atoms. The molecule has 0 aliphatic carbocycles. The van der Waals surface area contributed by atoms with E-state index >= 15 is 0 Å². The van der Waals surface area contributed by atoms with Gasteiger partial charge in [-0.3, -0.25) is 19.3 Å². The number of hydrogen-bond donors (Lipinski definition) is 2. The Bertz CT molecular complexity index is 1440. The Morgan fingerprint density at radius 2 is 1.72 bits per heavy atom. The van der Waals surface area contributed by atoms with Crippen molar-refractivity contribution in [1.82, 2.24) is 0 Å². The molecule has 8 heteroatoms. The quantitative estimate of drug-likeness (QED) is 0.220. The predicted molar refractivity (Wildman–Crippen MR) is 147 cm³/mol. The van der Waals surface area contributed by atoms with Crippen molar-refractivity contribution in [3.05, 3.63) is 94.6 Å². The second-order valence-corrected chi connectivity index (χ2v) is 9.87. The molecule has 1 amide bonds. The number of methoxy groups -OCH3 is 1. The van der Waals surface area contributed by atoms with Gasteiger partial charge in [-0.15, -0.1) is 0 Å². The Morgan fingerprint density at radius 1 is 1.00 bits per heavy atom. The molecule has 8 nitrogen and oxygen atoms in total. The first kappa shape index (κ1) is 27.4. The molecule has 1 aliphatic heterocycles. The summed E-state index contributed by atoms with van der Waals surface area (Å²) in [5.74, 6) is -1.37. The van der Waals surface area contributed by atoms with Gasteiger partial charge in [-0.2, -0.15) is 0 Å². The van der Waals surface area contributed by atoms with Gasteiger partial charge < -0.3 is 19.7 Å². The van der Waals surface area contributed by atoms with E-state index in [0.717, 1.165) is 5.56 Å². The van der Waals surface area contributed by atoms with Gasteiger partial charge >= 0.3 is 5.97 Å². The molecular weight excluding hydrogens is 498 g/mol. The van der Waals surface area contributed by atoms with Crippen molar-refractivity contribution in [3.8, 4) is 11.5 Å². The van der Waals surface area contributed by atoms with Gasteiger partial charge in [-0.05, 0) is 72.0 Å². The molecule has 1 saturated heterocycles. The van der Waals surface area contributed by atoms with Crippen molar-refractivity contribution in [1.29, 1.82) is 0 Å². The molecule has 1 fully saturated rings. The second-order valence-electron chi connectivity index (χ2n) is 9.87. The molecule has 0 radical (unpaired) electrons. The van der Waals surface area contributed by atoms with Crippen LogP contribution in [0.3, 0.4) is 0 Å². The van der Waals surface area contributed by atoms with Gasteiger partial charge in [-0.25, -0.2) is 0 Å². The zero-order valence-corrected chi connectivity index (χ0v) is 22.3. The number of anilines is 1. The lowest BCUT2D eigenvalue weighted by Crippen LogP contribution is -2.29. The van der Waals surface area contributed by atoms with Crippen LogP contribution in [0.25, 0.3) is 5.76 Å². The SMILES string of the molecule is COc1cccc(C2/C(=C(/O)c3ccc(OCC(C)C)c(C)c3)C(=O)C(=O)N2c2ccc(CC(=O)O)cc2)c1. The fourth-order valence-corrected chi connectivity index (χ4v) is 4.55. The summed E-state index contributed by atoms with van der Waals surface area (Å²) in [6.07, 6.45) is -0.172. The van der Waals surface area contributed by atoms with Crippen LogP contribution in [0.15, 0.2) is 72.3 Å². The summed E-state index contributed by atoms with van der Waals surface area (Å²) < 4.78 is 11.2. The highest BCUT2D eigenvalue weighted by atomic mass is 16.5. The Hall–Kier alpha value is -4.59. The van der Waals surface area contributed by atoms with E-state index in [1.807, 2.05) is 20.8 Å². The summed E-state index contributed by atoms with van der Waals surface area (Å²) in [5.41, 5.74) is 2.62. The molecule has 3 aromatic carbocycles. The Balaban J connectivity index is 1.83. The highest BCUT2D eigenvalue weighted by molar-refractivity contribution is 6.51. The van der Waals surface area contributed by atoms with Crippen molar-refractivity contribution in [2.24, 2.45) is 5.92 Å². The molecule has 1 atom stereocenters. The summed E-state index contributed by atoms with van der Waals surface area (Å²) in [6, 6.07) is 17.5. The van der Waals surface area contributed by atoms with Gasteiger partial charge in [-0.1, -0.05) is 38.1 Å². The average Bonchev–Trinajstić information content (AvgIpc) is 3.17. The van der Waals surface area contributed by atoms with Gasteiger partial charge in [0.25, 0.3) is 11.7 Å². The van der Waals surface area contributed by atoms with Crippen LogP contribution in [-0.2, 0) is 20.8 Å². The molecule has 0 saturated carbocycles. The molecule has 3 aromatic rings. The van der Waals surface area contributed by atoms with Crippen LogP contribution >= 0.6 is 0 Å². The number of rotatable bonds is 9. The lowest BCUT2D eigenvalue weighted by atomic mass is 9.94. The van der Waals surface area contributed by atoms with Crippen LogP contribution in [0, 0.1) is 12.8 Å². The smallest absolute Gasteiger partial charge is 0.307 e. The van der Waals surface area contributed by atoms with E-state index < -0.39 is 23.7 Å². The number of aryl methyl sites for hydroxylation is 1. The highest BCUT2D eigenvalue weighted by Gasteiger charge is 2.47. The number of ether oxygens (including phenoxy) is 2. The zero-order chi connectivity index (χ0) is 28.3. The van der Waals surface area contributed by atoms with E-state index in [1.54, 1.807) is 66.7 Å². The van der Waals surface area contributed by atoms with Crippen molar-refractivity contribution in [2.45, 2.75) is 33.2 Å². The van der Waals surface area contributed by atoms with Gasteiger partial charge in [0.1, 0.15) is 17.3 Å². The van der Waals surface area contributed by atoms with Gasteiger partial charge in [0.2, 0.25) is 0 Å². The van der Waals surface area contributed by atoms with Crippen molar-refractivity contribution < 1.29 is 34.1 Å². The summed E-state index contributed by atoms with van der Waals surface area (Å²) >= 11 is 0. The number of nitrogens with zero attached hydrogens (tertiary/aromatic N) is 1. The predicted octanol–water partition coefficient (Wildman–Crippen LogP) is 5.29. The van der Waals surface area contributed by atoms with E-state index in [9.17, 15) is 19.5 Å². The molecule has 202 valence electrons. The molecule has 0 aromatic heterocycles. The van der Waals surface area contributed by atoms with Crippen LogP contribution < -0.4 is 14.4 Å². The minimum absolute atomic E-state index is 0.0573. The number of amides is 1. The van der Waals surface area contributed by atoms with Crippen LogP contribution in [0.1, 0.15) is 42.1 Å². The number of Topliss-reactive ketones (excluding diaryl/α,β-unsaturated/α-hetero) is 1. The summed E-state index contributed by atoms with van der Waals surface area (Å²) in [6.45, 7) is 6.49. The van der Waals surface area contributed by atoms with Crippen LogP contribution in [0.5, 0.6) is 11.5 Å². The van der Waals surface area contributed by atoms with Crippen molar-refractivity contribution in [3.63, 3.8) is 0 Å². The number of hydrogen-bond acceptors (Lipinski definition) is 6. The maximum Gasteiger partial charge on any atom is 0.307 e. The number of carbonyl (C=O) groups excluding carboxylic acids is 2. The number of aliphatic hydroxyl groups is 1. The number of aliphatic hydroxyl groups excluding tert-OH is 1. The number of benzene rings is 3. The fraction of sp³-hybridized carbons (Fsp3) is 0.258. The monoisotopic (exact) mass is 529 g/mol.